The molecule has 0 aliphatic carbocycles. The first kappa shape index (κ1) is 33.7. The monoisotopic (exact) mass is 660 g/mol. The van der Waals surface area contributed by atoms with E-state index < -0.39 is 47.5 Å². The third-order valence-electron chi connectivity index (χ3n) is 9.36. The molecule has 2 aromatic rings. The van der Waals surface area contributed by atoms with Crippen LogP contribution in [0, 0.1) is 6.92 Å². The van der Waals surface area contributed by atoms with Crippen molar-refractivity contribution in [2.45, 2.75) is 77.0 Å². The van der Waals surface area contributed by atoms with E-state index in [1.54, 1.807) is 26.0 Å². The van der Waals surface area contributed by atoms with Crippen LogP contribution in [0.4, 0.5) is 0 Å². The van der Waals surface area contributed by atoms with Gasteiger partial charge in [0.05, 0.1) is 46.1 Å². The minimum atomic E-state index is -1.51. The Morgan fingerprint density at radius 3 is 1.96 bits per heavy atom. The van der Waals surface area contributed by atoms with E-state index in [9.17, 15) is 49.8 Å². The lowest BCUT2D eigenvalue weighted by molar-refractivity contribution is -0.139. The fraction of sp³-hybridized carbons (Fsp3) is 0.353. The molecule has 14 heteroatoms. The van der Waals surface area contributed by atoms with Gasteiger partial charge in [-0.2, -0.15) is 0 Å². The van der Waals surface area contributed by atoms with Gasteiger partial charge in [-0.15, -0.1) is 0 Å². The molecule has 0 amide bonds. The molecule has 0 saturated heterocycles. The minimum Gasteiger partial charge on any atom is -0.509 e. The van der Waals surface area contributed by atoms with E-state index in [1.807, 2.05) is 0 Å². The number of carboxylic acid groups (broad SMARTS) is 4. The Hall–Kier alpha value is -5.66. The van der Waals surface area contributed by atoms with Crippen LogP contribution in [-0.2, 0) is 36.4 Å². The number of carboxylic acids is 4. The van der Waals surface area contributed by atoms with Crippen LogP contribution in [0.1, 0.15) is 86.8 Å². The highest BCUT2D eigenvalue weighted by atomic mass is 16.4. The van der Waals surface area contributed by atoms with Crippen molar-refractivity contribution in [2.24, 2.45) is 0 Å². The molecule has 0 radical (unpaired) electrons. The average molecular weight is 661 g/mol. The summed E-state index contributed by atoms with van der Waals surface area (Å²) in [6.45, 7) is 6.55. The highest BCUT2D eigenvalue weighted by Gasteiger charge is 2.42. The number of nitrogens with one attached hydrogen (secondary N) is 2. The number of rotatable bonds is 10. The van der Waals surface area contributed by atoms with Gasteiger partial charge in [-0.05, 0) is 87.1 Å². The summed E-state index contributed by atoms with van der Waals surface area (Å²) in [6.07, 6.45) is -1.22. The van der Waals surface area contributed by atoms with Gasteiger partial charge in [0.1, 0.15) is 16.9 Å². The maximum atomic E-state index is 12.0. The largest absolute Gasteiger partial charge is 0.509 e. The first-order valence-corrected chi connectivity index (χ1v) is 15.2. The maximum Gasteiger partial charge on any atom is 0.304 e. The summed E-state index contributed by atoms with van der Waals surface area (Å²) in [5.74, 6) is -5.14. The standard InChI is InChI=1S/C34H36N4O10/c1-15-17(5-7-27(39)40)21-10-22-18(6-8-28(41)42)16(2)20(36-22)11-25-33(3,13-29(43)44)32(48)24(38-25)12-26-34(4,14-30(45)46)31(47)23(37-26)9-19(15)35-21/h9-12,36-37,47-48H,5-8,13-14H2,1-4H3,(H,39,40)(H,41,42)(H,43,44)(H,45,46). The summed E-state index contributed by atoms with van der Waals surface area (Å²) in [5, 5.41) is 61.6. The minimum absolute atomic E-state index is 0.0341. The molecule has 0 saturated carbocycles. The number of hydrogen-bond donors (Lipinski definition) is 8. The van der Waals surface area contributed by atoms with E-state index in [2.05, 4.69) is 15.0 Å². The molecule has 0 fully saturated rings. The number of hydrogen-bond acceptors (Lipinski definition) is 8. The van der Waals surface area contributed by atoms with Gasteiger partial charge in [0.15, 0.2) is 0 Å². The number of aliphatic hydroxyl groups excluding tert-OH is 2. The van der Waals surface area contributed by atoms with Gasteiger partial charge in [0.25, 0.3) is 0 Å². The van der Waals surface area contributed by atoms with Gasteiger partial charge in [0.2, 0.25) is 0 Å². The predicted molar refractivity (Wildman–Crippen MR) is 173 cm³/mol. The van der Waals surface area contributed by atoms with Crippen LogP contribution >= 0.6 is 0 Å². The topological polar surface area (TPSA) is 247 Å². The summed E-state index contributed by atoms with van der Waals surface area (Å²) in [4.78, 5) is 62.9. The number of nitrogens with zero attached hydrogens (tertiary/aromatic N) is 2. The molecular formula is C34H36N4O10. The van der Waals surface area contributed by atoms with Gasteiger partial charge < -0.3 is 40.6 Å². The average Bonchev–Trinajstić information content (AvgIpc) is 3.58. The number of fused-ring (bicyclic) bond motifs is 8. The maximum absolute atomic E-state index is 12.0. The second-order valence-electron chi connectivity index (χ2n) is 12.7. The number of aryl methyl sites for hydroxylation is 2. The second kappa shape index (κ2) is 12.2. The Morgan fingerprint density at radius 1 is 0.708 bits per heavy atom. The molecule has 5 rings (SSSR count). The van der Waals surface area contributed by atoms with E-state index in [1.165, 1.54) is 26.0 Å². The molecular weight excluding hydrogens is 624 g/mol. The fourth-order valence-electron chi connectivity index (χ4n) is 6.51. The first-order chi connectivity index (χ1) is 22.4. The lowest BCUT2D eigenvalue weighted by Crippen LogP contribution is -2.28. The molecule has 0 spiro atoms. The zero-order chi connectivity index (χ0) is 35.3. The zero-order valence-corrected chi connectivity index (χ0v) is 26.8. The lowest BCUT2D eigenvalue weighted by Gasteiger charge is -2.23. The van der Waals surface area contributed by atoms with Gasteiger partial charge in [0, 0.05) is 29.6 Å². The first-order valence-electron chi connectivity index (χ1n) is 15.2. The highest BCUT2D eigenvalue weighted by molar-refractivity contribution is 5.93. The van der Waals surface area contributed by atoms with Crippen LogP contribution in [0.25, 0.3) is 33.7 Å². The van der Waals surface area contributed by atoms with Crippen molar-refractivity contribution in [3.63, 3.8) is 0 Å². The number of H-pyrrole nitrogens is 2. The van der Waals surface area contributed by atoms with Crippen molar-refractivity contribution >= 4 is 57.6 Å². The highest BCUT2D eigenvalue weighted by Crippen LogP contribution is 2.39. The third kappa shape index (κ3) is 5.96. The Labute approximate surface area is 273 Å². The van der Waals surface area contributed by atoms with Gasteiger partial charge in [-0.1, -0.05) is 0 Å². The molecule has 8 N–H and O–H groups in total. The Kier molecular flexibility index (Phi) is 8.55. The zero-order valence-electron chi connectivity index (χ0n) is 26.8. The number of aromatic amines is 2. The third-order valence-corrected chi connectivity index (χ3v) is 9.36. The molecule has 5 heterocycles. The van der Waals surface area contributed by atoms with E-state index >= 15 is 0 Å². The lowest BCUT2D eigenvalue weighted by atomic mass is 9.81. The number of carbonyl (C=O) groups is 4. The molecule has 3 aliphatic heterocycles. The number of aromatic nitrogens is 4. The summed E-state index contributed by atoms with van der Waals surface area (Å²) in [5.41, 5.74) is 1.65. The molecule has 3 aliphatic rings. The molecule has 2 unspecified atom stereocenters. The van der Waals surface area contributed by atoms with Gasteiger partial charge in [-0.25, -0.2) is 9.97 Å². The van der Waals surface area contributed by atoms with Gasteiger partial charge in [-0.3, -0.25) is 19.2 Å². The Bertz CT molecular complexity index is 2140. The van der Waals surface area contributed by atoms with Crippen LogP contribution in [-0.4, -0.2) is 74.5 Å². The summed E-state index contributed by atoms with van der Waals surface area (Å²) in [7, 11) is 0. The fourth-order valence-corrected chi connectivity index (χ4v) is 6.51. The quantitative estimate of drug-likeness (QED) is 0.183. The number of allylic oxidation sites excluding steroid dienone is 2. The Balaban J connectivity index is 1.99. The molecule has 48 heavy (non-hydrogen) atoms. The van der Waals surface area contributed by atoms with Crippen molar-refractivity contribution in [2.75, 3.05) is 0 Å². The van der Waals surface area contributed by atoms with Crippen LogP contribution in [0.2, 0.25) is 0 Å². The van der Waals surface area contributed by atoms with E-state index in [-0.39, 0.29) is 59.3 Å². The smallest absolute Gasteiger partial charge is 0.304 e. The molecule has 252 valence electrons. The Morgan fingerprint density at radius 2 is 1.33 bits per heavy atom. The van der Waals surface area contributed by atoms with Crippen LogP contribution in [0.5, 0.6) is 0 Å². The van der Waals surface area contributed by atoms with Crippen LogP contribution in [0.3, 0.4) is 0 Å². The van der Waals surface area contributed by atoms with Crippen LogP contribution < -0.4 is 10.7 Å². The van der Waals surface area contributed by atoms with Crippen molar-refractivity contribution < 1.29 is 49.8 Å². The molecule has 14 nitrogen and oxygen atoms in total. The van der Waals surface area contributed by atoms with Crippen molar-refractivity contribution in [1.82, 2.24) is 19.9 Å². The van der Waals surface area contributed by atoms with Gasteiger partial charge >= 0.3 is 23.9 Å². The van der Waals surface area contributed by atoms with Crippen molar-refractivity contribution in [3.8, 4) is 0 Å². The molecule has 2 aromatic heterocycles. The van der Waals surface area contributed by atoms with Crippen LogP contribution in [0.15, 0.2) is 24.3 Å². The molecule has 0 aromatic carbocycles. The summed E-state index contributed by atoms with van der Waals surface area (Å²) >= 11 is 0. The van der Waals surface area contributed by atoms with E-state index in [0.717, 1.165) is 0 Å². The second-order valence-corrected chi connectivity index (χ2v) is 12.7. The predicted octanol–water partition coefficient (Wildman–Crippen LogP) is 3.36. The molecule has 2 atom stereocenters. The number of aliphatic carboxylic acids is 4. The van der Waals surface area contributed by atoms with E-state index in [4.69, 9.17) is 4.98 Å². The number of aliphatic hydroxyl groups is 2. The SMILES string of the molecule is CC1=C(CCC(=O)O)c2cc3[nH]c(cc4nc(cc5[nH]c(cc1n2)=C(O)C5(C)CC(=O)O)=C(O)C4(C)CC(=O)O)c(C)c3CCC(=O)O. The summed E-state index contributed by atoms with van der Waals surface area (Å²) < 4.78 is 0. The van der Waals surface area contributed by atoms with Crippen molar-refractivity contribution in [3.05, 3.63) is 68.9 Å². The van der Waals surface area contributed by atoms with Crippen molar-refractivity contribution in [1.29, 1.82) is 0 Å². The van der Waals surface area contributed by atoms with E-state index in [0.29, 0.717) is 44.7 Å². The normalized spacial score (nSPS) is 19.8. The summed E-state index contributed by atoms with van der Waals surface area (Å²) in [6, 6.07) is 6.19. The molecule has 8 bridgehead atoms.